The largest absolute Gasteiger partial charge is 0.493 e. The number of aryl methyl sites for hydroxylation is 1. The molecule has 0 bridgehead atoms. The van der Waals surface area contributed by atoms with E-state index < -0.39 is 0 Å². The van der Waals surface area contributed by atoms with Crippen molar-refractivity contribution in [3.8, 4) is 5.75 Å². The molecule has 0 radical (unpaired) electrons. The summed E-state index contributed by atoms with van der Waals surface area (Å²) >= 11 is 0. The van der Waals surface area contributed by atoms with E-state index in [-0.39, 0.29) is 6.04 Å². The third kappa shape index (κ3) is 5.22. The normalized spacial score (nSPS) is 12.8. The van der Waals surface area contributed by atoms with Crippen LogP contribution in [0, 0.1) is 12.8 Å². The summed E-state index contributed by atoms with van der Waals surface area (Å²) in [5.41, 5.74) is 8.35. The van der Waals surface area contributed by atoms with Gasteiger partial charge in [0.15, 0.2) is 0 Å². The molecule has 0 saturated heterocycles. The van der Waals surface area contributed by atoms with E-state index in [1.54, 1.807) is 0 Å². The molecule has 0 saturated carbocycles. The van der Waals surface area contributed by atoms with Crippen molar-refractivity contribution < 1.29 is 4.74 Å². The van der Waals surface area contributed by atoms with Crippen LogP contribution in [0.3, 0.4) is 0 Å². The average Bonchev–Trinajstić information content (AvgIpc) is 2.20. The standard InChI is InChI=1S/C15H25NO/c1-11(2)7-8-17-15-6-5-12(3)9-14(15)10-13(4)16/h5-6,9,11,13H,7-8,10,16H2,1-4H3. The van der Waals surface area contributed by atoms with Crippen molar-refractivity contribution in [1.29, 1.82) is 0 Å². The third-order valence-electron chi connectivity index (χ3n) is 2.71. The van der Waals surface area contributed by atoms with Crippen LogP contribution in [0.2, 0.25) is 0 Å². The summed E-state index contributed by atoms with van der Waals surface area (Å²) in [4.78, 5) is 0. The summed E-state index contributed by atoms with van der Waals surface area (Å²) in [5, 5.41) is 0. The van der Waals surface area contributed by atoms with Gasteiger partial charge in [-0.3, -0.25) is 0 Å². The van der Waals surface area contributed by atoms with Gasteiger partial charge in [0.2, 0.25) is 0 Å². The molecule has 1 atom stereocenters. The highest BCUT2D eigenvalue weighted by molar-refractivity contribution is 5.37. The minimum absolute atomic E-state index is 0.171. The Bertz CT molecular complexity index is 345. The fourth-order valence-electron chi connectivity index (χ4n) is 1.76. The first-order valence-corrected chi connectivity index (χ1v) is 6.47. The summed E-state index contributed by atoms with van der Waals surface area (Å²) in [6.07, 6.45) is 1.96. The van der Waals surface area contributed by atoms with Crippen LogP contribution in [0.25, 0.3) is 0 Å². The molecule has 0 spiro atoms. The highest BCUT2D eigenvalue weighted by Crippen LogP contribution is 2.22. The van der Waals surface area contributed by atoms with E-state index in [9.17, 15) is 0 Å². The van der Waals surface area contributed by atoms with E-state index in [0.717, 1.165) is 25.2 Å². The van der Waals surface area contributed by atoms with Crippen molar-refractivity contribution in [3.05, 3.63) is 29.3 Å². The molecule has 0 aromatic heterocycles. The molecule has 2 N–H and O–H groups in total. The quantitative estimate of drug-likeness (QED) is 0.821. The van der Waals surface area contributed by atoms with E-state index in [1.165, 1.54) is 11.1 Å². The van der Waals surface area contributed by atoms with Crippen molar-refractivity contribution in [2.75, 3.05) is 6.61 Å². The molecule has 0 aliphatic rings. The lowest BCUT2D eigenvalue weighted by atomic mass is 10.0. The van der Waals surface area contributed by atoms with E-state index >= 15 is 0 Å². The molecule has 1 rings (SSSR count). The Kier molecular flexibility index (Phi) is 5.49. The van der Waals surface area contributed by atoms with Crippen molar-refractivity contribution in [1.82, 2.24) is 0 Å². The molecule has 0 aliphatic heterocycles. The van der Waals surface area contributed by atoms with Gasteiger partial charge in [-0.25, -0.2) is 0 Å². The van der Waals surface area contributed by atoms with Crippen molar-refractivity contribution in [2.45, 2.75) is 46.6 Å². The molecule has 17 heavy (non-hydrogen) atoms. The summed E-state index contributed by atoms with van der Waals surface area (Å²) in [5.74, 6) is 1.67. The van der Waals surface area contributed by atoms with Crippen molar-refractivity contribution in [3.63, 3.8) is 0 Å². The predicted molar refractivity (Wildman–Crippen MR) is 73.5 cm³/mol. The third-order valence-corrected chi connectivity index (χ3v) is 2.71. The zero-order valence-electron chi connectivity index (χ0n) is 11.5. The second-order valence-electron chi connectivity index (χ2n) is 5.32. The molecule has 2 heteroatoms. The van der Waals surface area contributed by atoms with Gasteiger partial charge < -0.3 is 10.5 Å². The second kappa shape index (κ2) is 6.65. The van der Waals surface area contributed by atoms with Gasteiger partial charge in [-0.05, 0) is 44.2 Å². The maximum atomic E-state index is 5.86. The molecule has 0 fully saturated rings. The summed E-state index contributed by atoms with van der Waals surface area (Å²) < 4.78 is 5.85. The molecule has 0 amide bonds. The Morgan fingerprint density at radius 3 is 2.53 bits per heavy atom. The maximum Gasteiger partial charge on any atom is 0.122 e. The SMILES string of the molecule is Cc1ccc(OCCC(C)C)c(CC(C)N)c1. The van der Waals surface area contributed by atoms with Gasteiger partial charge in [0.25, 0.3) is 0 Å². The first-order valence-electron chi connectivity index (χ1n) is 6.47. The fraction of sp³-hybridized carbons (Fsp3) is 0.600. The van der Waals surface area contributed by atoms with E-state index in [4.69, 9.17) is 10.5 Å². The van der Waals surface area contributed by atoms with E-state index in [1.807, 2.05) is 6.92 Å². The highest BCUT2D eigenvalue weighted by atomic mass is 16.5. The monoisotopic (exact) mass is 235 g/mol. The summed E-state index contributed by atoms with van der Waals surface area (Å²) in [6.45, 7) is 9.33. The minimum Gasteiger partial charge on any atom is -0.493 e. The van der Waals surface area contributed by atoms with E-state index in [0.29, 0.717) is 5.92 Å². The number of hydrogen-bond acceptors (Lipinski definition) is 2. The first-order chi connectivity index (χ1) is 7.99. The summed E-state index contributed by atoms with van der Waals surface area (Å²) in [6, 6.07) is 6.50. The maximum absolute atomic E-state index is 5.86. The van der Waals surface area contributed by atoms with Crippen LogP contribution >= 0.6 is 0 Å². The Balaban J connectivity index is 2.68. The Hall–Kier alpha value is -1.02. The van der Waals surface area contributed by atoms with Crippen LogP contribution in [0.4, 0.5) is 0 Å². The molecule has 1 unspecified atom stereocenters. The van der Waals surface area contributed by atoms with Gasteiger partial charge in [0.05, 0.1) is 6.61 Å². The van der Waals surface area contributed by atoms with Gasteiger partial charge in [-0.1, -0.05) is 31.5 Å². The van der Waals surface area contributed by atoms with Crippen molar-refractivity contribution in [2.24, 2.45) is 11.7 Å². The topological polar surface area (TPSA) is 35.2 Å². The lowest BCUT2D eigenvalue weighted by Gasteiger charge is -2.14. The second-order valence-corrected chi connectivity index (χ2v) is 5.32. The van der Waals surface area contributed by atoms with Crippen LogP contribution in [-0.2, 0) is 6.42 Å². The lowest BCUT2D eigenvalue weighted by Crippen LogP contribution is -2.18. The molecule has 1 aromatic rings. The molecular weight excluding hydrogens is 210 g/mol. The van der Waals surface area contributed by atoms with Gasteiger partial charge in [0.1, 0.15) is 5.75 Å². The zero-order valence-corrected chi connectivity index (χ0v) is 11.5. The highest BCUT2D eigenvalue weighted by Gasteiger charge is 2.07. The van der Waals surface area contributed by atoms with Crippen LogP contribution in [-0.4, -0.2) is 12.6 Å². The Morgan fingerprint density at radius 1 is 1.24 bits per heavy atom. The lowest BCUT2D eigenvalue weighted by molar-refractivity contribution is 0.286. The molecule has 1 aromatic carbocycles. The van der Waals surface area contributed by atoms with Crippen LogP contribution in [0.1, 0.15) is 38.3 Å². The number of ether oxygens (including phenoxy) is 1. The Labute approximate surface area is 105 Å². The minimum atomic E-state index is 0.171. The number of nitrogens with two attached hydrogens (primary N) is 1. The molecular formula is C15H25NO. The average molecular weight is 235 g/mol. The van der Waals surface area contributed by atoms with Gasteiger partial charge >= 0.3 is 0 Å². The number of hydrogen-bond donors (Lipinski definition) is 1. The zero-order chi connectivity index (χ0) is 12.8. The molecule has 0 aliphatic carbocycles. The van der Waals surface area contributed by atoms with Gasteiger partial charge in [0, 0.05) is 6.04 Å². The summed E-state index contributed by atoms with van der Waals surface area (Å²) in [7, 11) is 0. The number of benzene rings is 1. The predicted octanol–water partition coefficient (Wildman–Crippen LogP) is 3.31. The number of rotatable bonds is 6. The van der Waals surface area contributed by atoms with Gasteiger partial charge in [-0.2, -0.15) is 0 Å². The Morgan fingerprint density at radius 2 is 1.94 bits per heavy atom. The van der Waals surface area contributed by atoms with E-state index in [2.05, 4.69) is 39.0 Å². The molecule has 0 heterocycles. The fourth-order valence-corrected chi connectivity index (χ4v) is 1.76. The van der Waals surface area contributed by atoms with Crippen LogP contribution in [0.15, 0.2) is 18.2 Å². The van der Waals surface area contributed by atoms with Crippen LogP contribution < -0.4 is 10.5 Å². The van der Waals surface area contributed by atoms with Crippen molar-refractivity contribution >= 4 is 0 Å². The molecule has 96 valence electrons. The molecule has 2 nitrogen and oxygen atoms in total. The van der Waals surface area contributed by atoms with Crippen LogP contribution in [0.5, 0.6) is 5.75 Å². The smallest absolute Gasteiger partial charge is 0.122 e. The first kappa shape index (κ1) is 14.0. The van der Waals surface area contributed by atoms with Gasteiger partial charge in [-0.15, -0.1) is 0 Å².